The Morgan fingerprint density at radius 2 is 2.56 bits per heavy atom. The summed E-state index contributed by atoms with van der Waals surface area (Å²) >= 11 is 0. The van der Waals surface area contributed by atoms with Gasteiger partial charge >= 0.3 is 0 Å². The molecule has 0 aliphatic carbocycles. The Morgan fingerprint density at radius 3 is 3.25 bits per heavy atom. The first-order valence-corrected chi connectivity index (χ1v) is 5.64. The van der Waals surface area contributed by atoms with Crippen LogP contribution in [0.3, 0.4) is 0 Å². The van der Waals surface area contributed by atoms with Crippen LogP contribution in [0, 0.1) is 0 Å². The van der Waals surface area contributed by atoms with Gasteiger partial charge in [0.15, 0.2) is 0 Å². The van der Waals surface area contributed by atoms with Crippen molar-refractivity contribution < 1.29 is 9.53 Å². The zero-order valence-electron chi connectivity index (χ0n) is 9.19. The van der Waals surface area contributed by atoms with Crippen LogP contribution in [0.2, 0.25) is 0 Å². The number of amides is 1. The van der Waals surface area contributed by atoms with Crippen molar-refractivity contribution in [2.45, 2.75) is 25.4 Å². The van der Waals surface area contributed by atoms with E-state index in [2.05, 4.69) is 10.3 Å². The van der Waals surface area contributed by atoms with Gasteiger partial charge in [0.2, 0.25) is 5.91 Å². The number of aromatic nitrogens is 1. The Kier molecular flexibility index (Phi) is 3.88. The fourth-order valence-corrected chi connectivity index (χ4v) is 1.77. The van der Waals surface area contributed by atoms with Gasteiger partial charge in [0.1, 0.15) is 6.10 Å². The molecule has 4 nitrogen and oxygen atoms in total. The minimum Gasteiger partial charge on any atom is -0.368 e. The normalized spacial score (nSPS) is 19.6. The van der Waals surface area contributed by atoms with Gasteiger partial charge in [0.05, 0.1) is 0 Å². The van der Waals surface area contributed by atoms with Crippen LogP contribution in [0.4, 0.5) is 0 Å². The zero-order valence-corrected chi connectivity index (χ0v) is 9.19. The topological polar surface area (TPSA) is 51.2 Å². The molecular weight excluding hydrogens is 204 g/mol. The van der Waals surface area contributed by atoms with Gasteiger partial charge in [-0.15, -0.1) is 0 Å². The van der Waals surface area contributed by atoms with E-state index in [0.29, 0.717) is 13.2 Å². The second-order valence-corrected chi connectivity index (χ2v) is 3.90. The maximum atomic E-state index is 11.6. The number of hydrogen-bond acceptors (Lipinski definition) is 3. The van der Waals surface area contributed by atoms with Crippen LogP contribution in [0.15, 0.2) is 24.5 Å². The summed E-state index contributed by atoms with van der Waals surface area (Å²) in [6.07, 6.45) is 5.98. The second kappa shape index (κ2) is 5.61. The Bertz CT molecular complexity index is 334. The standard InChI is InChI=1S/C12H16N2O2/c15-12(11-4-2-8-16-11)14-7-5-10-3-1-6-13-9-10/h1,3,6,9,11H,2,4-5,7-8H2,(H,14,15). The largest absolute Gasteiger partial charge is 0.368 e. The molecule has 1 atom stereocenters. The molecule has 4 heteroatoms. The van der Waals surface area contributed by atoms with Crippen molar-refractivity contribution in [2.75, 3.05) is 13.2 Å². The molecule has 0 spiro atoms. The fraction of sp³-hybridized carbons (Fsp3) is 0.500. The second-order valence-electron chi connectivity index (χ2n) is 3.90. The van der Waals surface area contributed by atoms with E-state index >= 15 is 0 Å². The van der Waals surface area contributed by atoms with Crippen LogP contribution in [0.25, 0.3) is 0 Å². The van der Waals surface area contributed by atoms with Crippen LogP contribution in [0.5, 0.6) is 0 Å². The molecule has 1 fully saturated rings. The van der Waals surface area contributed by atoms with Crippen molar-refractivity contribution in [2.24, 2.45) is 0 Å². The summed E-state index contributed by atoms with van der Waals surface area (Å²) in [5.41, 5.74) is 1.13. The van der Waals surface area contributed by atoms with Crippen LogP contribution < -0.4 is 5.32 Å². The van der Waals surface area contributed by atoms with E-state index in [4.69, 9.17) is 4.74 Å². The fourth-order valence-electron chi connectivity index (χ4n) is 1.77. The molecule has 1 N–H and O–H groups in total. The van der Waals surface area contributed by atoms with Crippen molar-refractivity contribution in [1.29, 1.82) is 0 Å². The van der Waals surface area contributed by atoms with E-state index in [1.807, 2.05) is 18.3 Å². The molecule has 0 radical (unpaired) electrons. The monoisotopic (exact) mass is 220 g/mol. The number of hydrogen-bond donors (Lipinski definition) is 1. The molecule has 1 aliphatic heterocycles. The van der Waals surface area contributed by atoms with E-state index < -0.39 is 0 Å². The smallest absolute Gasteiger partial charge is 0.249 e. The number of carbonyl (C=O) groups is 1. The average molecular weight is 220 g/mol. The summed E-state index contributed by atoms with van der Waals surface area (Å²) in [4.78, 5) is 15.6. The average Bonchev–Trinajstić information content (AvgIpc) is 2.84. The van der Waals surface area contributed by atoms with E-state index in [9.17, 15) is 4.79 Å². The number of rotatable bonds is 4. The molecule has 1 amide bonds. The van der Waals surface area contributed by atoms with Crippen LogP contribution in [0.1, 0.15) is 18.4 Å². The van der Waals surface area contributed by atoms with Crippen molar-refractivity contribution in [1.82, 2.24) is 10.3 Å². The molecule has 1 unspecified atom stereocenters. The third kappa shape index (κ3) is 3.03. The van der Waals surface area contributed by atoms with Gasteiger partial charge in [0, 0.05) is 25.5 Å². The minimum absolute atomic E-state index is 0.0152. The molecule has 1 aliphatic rings. The van der Waals surface area contributed by atoms with Gasteiger partial charge in [-0.25, -0.2) is 0 Å². The van der Waals surface area contributed by atoms with Gasteiger partial charge in [-0.3, -0.25) is 9.78 Å². The van der Waals surface area contributed by atoms with Gasteiger partial charge in [-0.05, 0) is 30.9 Å². The molecule has 16 heavy (non-hydrogen) atoms. The number of carbonyl (C=O) groups excluding carboxylic acids is 1. The predicted octanol–water partition coefficient (Wildman–Crippen LogP) is 0.919. The highest BCUT2D eigenvalue weighted by atomic mass is 16.5. The van der Waals surface area contributed by atoms with Gasteiger partial charge < -0.3 is 10.1 Å². The highest BCUT2D eigenvalue weighted by Gasteiger charge is 2.22. The van der Waals surface area contributed by atoms with Crippen molar-refractivity contribution in [3.63, 3.8) is 0 Å². The Labute approximate surface area is 95.0 Å². The molecule has 1 aromatic rings. The molecular formula is C12H16N2O2. The molecule has 0 aromatic carbocycles. The minimum atomic E-state index is -0.228. The Morgan fingerprint density at radius 1 is 1.62 bits per heavy atom. The molecule has 0 bridgehead atoms. The summed E-state index contributed by atoms with van der Waals surface area (Å²) in [5.74, 6) is 0.0152. The predicted molar refractivity (Wildman–Crippen MR) is 59.9 cm³/mol. The molecule has 1 aromatic heterocycles. The van der Waals surface area contributed by atoms with E-state index in [-0.39, 0.29) is 12.0 Å². The first-order chi connectivity index (χ1) is 7.86. The quantitative estimate of drug-likeness (QED) is 0.821. The zero-order chi connectivity index (χ0) is 11.2. The first kappa shape index (κ1) is 11.1. The third-order valence-corrected chi connectivity index (χ3v) is 2.66. The summed E-state index contributed by atoms with van der Waals surface area (Å²) < 4.78 is 5.29. The number of ether oxygens (including phenoxy) is 1. The third-order valence-electron chi connectivity index (χ3n) is 2.66. The van der Waals surface area contributed by atoms with E-state index in [1.165, 1.54) is 0 Å². The number of nitrogens with one attached hydrogen (secondary N) is 1. The highest BCUT2D eigenvalue weighted by Crippen LogP contribution is 2.11. The summed E-state index contributed by atoms with van der Waals surface area (Å²) in [5, 5.41) is 2.88. The Balaban J connectivity index is 1.70. The molecule has 1 saturated heterocycles. The molecule has 0 saturated carbocycles. The molecule has 2 rings (SSSR count). The lowest BCUT2D eigenvalue weighted by molar-refractivity contribution is -0.129. The lowest BCUT2D eigenvalue weighted by Crippen LogP contribution is -2.35. The van der Waals surface area contributed by atoms with Gasteiger partial charge in [0.25, 0.3) is 0 Å². The van der Waals surface area contributed by atoms with Gasteiger partial charge in [-0.2, -0.15) is 0 Å². The van der Waals surface area contributed by atoms with Crippen LogP contribution in [-0.4, -0.2) is 30.1 Å². The van der Waals surface area contributed by atoms with Crippen LogP contribution in [-0.2, 0) is 16.0 Å². The molecule has 86 valence electrons. The highest BCUT2D eigenvalue weighted by molar-refractivity contribution is 5.80. The maximum Gasteiger partial charge on any atom is 0.249 e. The van der Waals surface area contributed by atoms with Crippen molar-refractivity contribution in [3.05, 3.63) is 30.1 Å². The van der Waals surface area contributed by atoms with E-state index in [0.717, 1.165) is 24.8 Å². The maximum absolute atomic E-state index is 11.6. The molecule has 2 heterocycles. The SMILES string of the molecule is O=C(NCCc1cccnc1)C1CCCO1. The Hall–Kier alpha value is -1.42. The summed E-state index contributed by atoms with van der Waals surface area (Å²) in [7, 11) is 0. The summed E-state index contributed by atoms with van der Waals surface area (Å²) in [6.45, 7) is 1.35. The van der Waals surface area contributed by atoms with Gasteiger partial charge in [-0.1, -0.05) is 6.07 Å². The van der Waals surface area contributed by atoms with Crippen molar-refractivity contribution >= 4 is 5.91 Å². The summed E-state index contributed by atoms with van der Waals surface area (Å²) in [6, 6.07) is 3.91. The lowest BCUT2D eigenvalue weighted by Gasteiger charge is -2.09. The lowest BCUT2D eigenvalue weighted by atomic mass is 10.2. The number of pyridine rings is 1. The first-order valence-electron chi connectivity index (χ1n) is 5.64. The number of nitrogens with zero attached hydrogens (tertiary/aromatic N) is 1. The van der Waals surface area contributed by atoms with E-state index in [1.54, 1.807) is 6.20 Å². The van der Waals surface area contributed by atoms with Crippen LogP contribution >= 0.6 is 0 Å². The van der Waals surface area contributed by atoms with Crippen molar-refractivity contribution in [3.8, 4) is 0 Å².